The maximum atomic E-state index is 9.12. The predicted molar refractivity (Wildman–Crippen MR) is 81.0 cm³/mol. The van der Waals surface area contributed by atoms with Crippen LogP contribution in [0.3, 0.4) is 0 Å². The van der Waals surface area contributed by atoms with Gasteiger partial charge in [0.2, 0.25) is 0 Å². The minimum Gasteiger partial charge on any atom is -0.303 e. The van der Waals surface area contributed by atoms with E-state index in [2.05, 4.69) is 23.2 Å². The highest BCUT2D eigenvalue weighted by Crippen LogP contribution is 2.22. The Morgan fingerprint density at radius 3 is 2.79 bits per heavy atom. The Morgan fingerprint density at radius 1 is 1.37 bits per heavy atom. The monoisotopic (exact) mass is 265 g/mol. The van der Waals surface area contributed by atoms with Gasteiger partial charge in [-0.1, -0.05) is 19.8 Å². The van der Waals surface area contributed by atoms with E-state index < -0.39 is 0 Å². The summed E-state index contributed by atoms with van der Waals surface area (Å²) in [7, 11) is 1.88. The highest BCUT2D eigenvalue weighted by molar-refractivity contribution is 5.02. The minimum atomic E-state index is -0.343. The molecule has 0 amide bonds. The van der Waals surface area contributed by atoms with Crippen molar-refractivity contribution >= 4 is 0 Å². The first-order valence-corrected chi connectivity index (χ1v) is 7.99. The molecular weight excluding hydrogens is 234 g/mol. The quantitative estimate of drug-likeness (QED) is 0.684. The summed E-state index contributed by atoms with van der Waals surface area (Å²) in [6, 6.07) is 3.20. The first kappa shape index (κ1) is 16.5. The van der Waals surface area contributed by atoms with Crippen LogP contribution in [0.2, 0.25) is 0 Å². The van der Waals surface area contributed by atoms with Gasteiger partial charge in [0.25, 0.3) is 0 Å². The zero-order valence-corrected chi connectivity index (χ0v) is 13.0. The van der Waals surface area contributed by atoms with Gasteiger partial charge in [0.05, 0.1) is 6.07 Å². The largest absolute Gasteiger partial charge is 0.303 e. The van der Waals surface area contributed by atoms with Gasteiger partial charge in [-0.2, -0.15) is 5.26 Å². The lowest BCUT2D eigenvalue weighted by Gasteiger charge is -2.36. The maximum absolute atomic E-state index is 9.12. The lowest BCUT2D eigenvalue weighted by molar-refractivity contribution is 0.136. The molecule has 0 aromatic heterocycles. The third kappa shape index (κ3) is 5.50. The molecule has 2 unspecified atom stereocenters. The Labute approximate surface area is 119 Å². The summed E-state index contributed by atoms with van der Waals surface area (Å²) < 4.78 is 0. The fourth-order valence-electron chi connectivity index (χ4n) is 3.04. The molecule has 0 aromatic carbocycles. The number of likely N-dealkylation sites (tertiary alicyclic amines) is 1. The fraction of sp³-hybridized carbons (Fsp3) is 0.938. The molecule has 1 saturated heterocycles. The molecular formula is C16H31N3. The van der Waals surface area contributed by atoms with E-state index in [1.165, 1.54) is 51.6 Å². The summed E-state index contributed by atoms with van der Waals surface area (Å²) in [5.41, 5.74) is -0.343. The molecule has 1 rings (SSSR count). The molecule has 1 N–H and O–H groups in total. The van der Waals surface area contributed by atoms with Gasteiger partial charge in [0.1, 0.15) is 5.54 Å². The van der Waals surface area contributed by atoms with E-state index in [0.29, 0.717) is 0 Å². The Kier molecular flexibility index (Phi) is 7.41. The van der Waals surface area contributed by atoms with Gasteiger partial charge in [-0.15, -0.1) is 0 Å². The summed E-state index contributed by atoms with van der Waals surface area (Å²) in [4.78, 5) is 2.69. The number of nitrogens with zero attached hydrogens (tertiary/aromatic N) is 2. The average Bonchev–Trinajstić information content (AvgIpc) is 2.45. The molecule has 1 aliphatic rings. The number of hydrogen-bond donors (Lipinski definition) is 1. The normalized spacial score (nSPS) is 23.8. The van der Waals surface area contributed by atoms with Crippen molar-refractivity contribution < 1.29 is 0 Å². The van der Waals surface area contributed by atoms with E-state index in [1.807, 2.05) is 14.0 Å². The highest BCUT2D eigenvalue weighted by atomic mass is 15.2. The second-order valence-electron chi connectivity index (χ2n) is 6.13. The van der Waals surface area contributed by atoms with Crippen LogP contribution in [0.15, 0.2) is 0 Å². The third-order valence-electron chi connectivity index (χ3n) is 4.54. The van der Waals surface area contributed by atoms with Gasteiger partial charge in [-0.05, 0) is 65.6 Å². The molecule has 0 aromatic rings. The van der Waals surface area contributed by atoms with Crippen LogP contribution >= 0.6 is 0 Å². The van der Waals surface area contributed by atoms with Crippen molar-refractivity contribution in [2.75, 3.05) is 20.1 Å². The van der Waals surface area contributed by atoms with Crippen molar-refractivity contribution in [3.8, 4) is 6.07 Å². The first-order valence-electron chi connectivity index (χ1n) is 7.99. The minimum absolute atomic E-state index is 0.343. The molecule has 1 aliphatic heterocycles. The van der Waals surface area contributed by atoms with E-state index in [-0.39, 0.29) is 5.54 Å². The molecule has 110 valence electrons. The zero-order valence-electron chi connectivity index (χ0n) is 13.0. The number of nitrogens with one attached hydrogen (secondary N) is 1. The SMILES string of the molecule is CCCC1CCCCN1CCCCC(C)(C#N)NC. The van der Waals surface area contributed by atoms with Crippen molar-refractivity contribution in [1.82, 2.24) is 10.2 Å². The van der Waals surface area contributed by atoms with Gasteiger partial charge in [0.15, 0.2) is 0 Å². The summed E-state index contributed by atoms with van der Waals surface area (Å²) in [6.07, 6.45) is 10.1. The molecule has 0 aliphatic carbocycles. The second-order valence-corrected chi connectivity index (χ2v) is 6.13. The summed E-state index contributed by atoms with van der Waals surface area (Å²) in [5.74, 6) is 0. The average molecular weight is 265 g/mol. The summed E-state index contributed by atoms with van der Waals surface area (Å²) in [5, 5.41) is 12.2. The number of piperidine rings is 1. The molecule has 1 heterocycles. The molecule has 3 heteroatoms. The van der Waals surface area contributed by atoms with E-state index in [0.717, 1.165) is 18.9 Å². The maximum Gasteiger partial charge on any atom is 0.103 e. The van der Waals surface area contributed by atoms with Crippen LogP contribution in [0.5, 0.6) is 0 Å². The summed E-state index contributed by atoms with van der Waals surface area (Å²) >= 11 is 0. The second kappa shape index (κ2) is 8.55. The Hall–Kier alpha value is -0.590. The Bertz CT molecular complexity index is 282. The van der Waals surface area contributed by atoms with Gasteiger partial charge in [0, 0.05) is 6.04 Å². The van der Waals surface area contributed by atoms with Crippen molar-refractivity contribution in [1.29, 1.82) is 5.26 Å². The lowest BCUT2D eigenvalue weighted by Crippen LogP contribution is -2.40. The van der Waals surface area contributed by atoms with Crippen molar-refractivity contribution in [2.24, 2.45) is 0 Å². The van der Waals surface area contributed by atoms with Crippen molar-refractivity contribution in [3.63, 3.8) is 0 Å². The smallest absolute Gasteiger partial charge is 0.103 e. The summed E-state index contributed by atoms with van der Waals surface area (Å²) in [6.45, 7) is 6.79. The van der Waals surface area contributed by atoms with Crippen LogP contribution in [0.25, 0.3) is 0 Å². The molecule has 0 bridgehead atoms. The highest BCUT2D eigenvalue weighted by Gasteiger charge is 2.22. The zero-order chi connectivity index (χ0) is 14.1. The Balaban J connectivity index is 2.25. The molecule has 0 saturated carbocycles. The first-order chi connectivity index (χ1) is 9.15. The van der Waals surface area contributed by atoms with Gasteiger partial charge in [-0.3, -0.25) is 0 Å². The van der Waals surface area contributed by atoms with E-state index in [1.54, 1.807) is 0 Å². The van der Waals surface area contributed by atoms with Crippen molar-refractivity contribution in [3.05, 3.63) is 0 Å². The lowest BCUT2D eigenvalue weighted by atomic mass is 9.95. The predicted octanol–water partition coefficient (Wildman–Crippen LogP) is 3.31. The Morgan fingerprint density at radius 2 is 2.16 bits per heavy atom. The molecule has 2 atom stereocenters. The number of hydrogen-bond acceptors (Lipinski definition) is 3. The van der Waals surface area contributed by atoms with Crippen LogP contribution < -0.4 is 5.32 Å². The number of unbranched alkanes of at least 4 members (excludes halogenated alkanes) is 1. The van der Waals surface area contributed by atoms with E-state index in [4.69, 9.17) is 5.26 Å². The molecule has 1 fully saturated rings. The molecule has 0 spiro atoms. The number of nitriles is 1. The molecule has 0 radical (unpaired) electrons. The van der Waals surface area contributed by atoms with E-state index in [9.17, 15) is 0 Å². The standard InChI is InChI=1S/C16H31N3/c1-4-9-15-10-5-7-12-19(15)13-8-6-11-16(2,14-17)18-3/h15,18H,4-13H2,1-3H3. The van der Waals surface area contributed by atoms with Gasteiger partial charge >= 0.3 is 0 Å². The van der Waals surface area contributed by atoms with Crippen LogP contribution in [0.4, 0.5) is 0 Å². The van der Waals surface area contributed by atoms with Crippen LogP contribution in [-0.4, -0.2) is 36.6 Å². The number of rotatable bonds is 8. The molecule has 19 heavy (non-hydrogen) atoms. The van der Waals surface area contributed by atoms with Crippen molar-refractivity contribution in [2.45, 2.75) is 76.8 Å². The van der Waals surface area contributed by atoms with E-state index >= 15 is 0 Å². The van der Waals surface area contributed by atoms with Gasteiger partial charge < -0.3 is 10.2 Å². The molecule has 3 nitrogen and oxygen atoms in total. The van der Waals surface area contributed by atoms with Gasteiger partial charge in [-0.25, -0.2) is 0 Å². The van der Waals surface area contributed by atoms with Crippen LogP contribution in [0, 0.1) is 11.3 Å². The topological polar surface area (TPSA) is 39.1 Å². The van der Waals surface area contributed by atoms with Crippen LogP contribution in [0.1, 0.15) is 65.2 Å². The third-order valence-corrected chi connectivity index (χ3v) is 4.54. The van der Waals surface area contributed by atoms with Crippen LogP contribution in [-0.2, 0) is 0 Å². The fourth-order valence-corrected chi connectivity index (χ4v) is 3.04.